The molecular weight excluding hydrogens is 280 g/mol. The van der Waals surface area contributed by atoms with Crippen LogP contribution >= 0.6 is 0 Å². The summed E-state index contributed by atoms with van der Waals surface area (Å²) in [6.07, 6.45) is 1.58. The van der Waals surface area contributed by atoms with Gasteiger partial charge in [0.05, 0.1) is 6.26 Å². The number of anilines is 1. The van der Waals surface area contributed by atoms with Crippen LogP contribution in [0.15, 0.2) is 64.3 Å². The van der Waals surface area contributed by atoms with Crippen molar-refractivity contribution in [1.82, 2.24) is 0 Å². The second-order valence-corrected chi connectivity index (χ2v) is 5.07. The predicted octanol–water partition coefficient (Wildman–Crippen LogP) is 3.94. The summed E-state index contributed by atoms with van der Waals surface area (Å²) >= 11 is 0. The number of azide groups is 1. The Balaban J connectivity index is 2.05. The molecule has 1 N–H and O–H groups in total. The van der Waals surface area contributed by atoms with Crippen molar-refractivity contribution in [2.24, 2.45) is 5.11 Å². The Labute approximate surface area is 125 Å². The first-order chi connectivity index (χ1) is 10.8. The Bertz CT molecular complexity index is 955. The normalized spacial score (nSPS) is 19.5. The summed E-state index contributed by atoms with van der Waals surface area (Å²) in [5.74, 6) is -0.352. The molecule has 106 valence electrons. The van der Waals surface area contributed by atoms with Gasteiger partial charge >= 0.3 is 0 Å². The van der Waals surface area contributed by atoms with Crippen LogP contribution in [-0.4, -0.2) is 5.91 Å². The third-order valence-electron chi connectivity index (χ3n) is 3.96. The van der Waals surface area contributed by atoms with Crippen molar-refractivity contribution >= 4 is 22.6 Å². The number of nitrogens with zero attached hydrogens (tertiary/aromatic N) is 3. The van der Waals surface area contributed by atoms with Crippen LogP contribution in [0.4, 0.5) is 5.69 Å². The van der Waals surface area contributed by atoms with Gasteiger partial charge in [0, 0.05) is 21.5 Å². The number of rotatable bonds is 2. The number of amides is 1. The Morgan fingerprint density at radius 2 is 2.05 bits per heavy atom. The maximum absolute atomic E-state index is 12.6. The number of furan rings is 1. The number of carbonyl (C=O) groups is 1. The largest absolute Gasteiger partial charge is 0.464 e. The van der Waals surface area contributed by atoms with Gasteiger partial charge in [0.15, 0.2) is 5.54 Å². The van der Waals surface area contributed by atoms with Gasteiger partial charge in [0.2, 0.25) is 5.91 Å². The molecule has 1 aliphatic rings. The van der Waals surface area contributed by atoms with Crippen LogP contribution in [0.5, 0.6) is 0 Å². The van der Waals surface area contributed by atoms with Gasteiger partial charge in [-0.1, -0.05) is 29.4 Å². The van der Waals surface area contributed by atoms with Crippen LogP contribution in [0.1, 0.15) is 11.1 Å². The molecule has 1 atom stereocenters. The first-order valence-corrected chi connectivity index (χ1v) is 6.70. The van der Waals surface area contributed by atoms with Gasteiger partial charge in [-0.2, -0.15) is 0 Å². The van der Waals surface area contributed by atoms with E-state index in [9.17, 15) is 4.79 Å². The van der Waals surface area contributed by atoms with Crippen LogP contribution in [0.25, 0.3) is 21.4 Å². The fraction of sp³-hybridized carbons (Fsp3) is 0.0625. The van der Waals surface area contributed by atoms with Gasteiger partial charge in [0.1, 0.15) is 5.58 Å². The van der Waals surface area contributed by atoms with Gasteiger partial charge < -0.3 is 9.73 Å². The molecule has 0 fully saturated rings. The van der Waals surface area contributed by atoms with E-state index in [1.165, 1.54) is 0 Å². The quantitative estimate of drug-likeness (QED) is 0.440. The lowest BCUT2D eigenvalue weighted by molar-refractivity contribution is -0.119. The summed E-state index contributed by atoms with van der Waals surface area (Å²) < 4.78 is 5.32. The van der Waals surface area contributed by atoms with E-state index in [-0.39, 0.29) is 5.91 Å². The summed E-state index contributed by atoms with van der Waals surface area (Å²) in [6.45, 7) is 0. The smallest absolute Gasteiger partial charge is 0.245 e. The molecule has 6 nitrogen and oxygen atoms in total. The summed E-state index contributed by atoms with van der Waals surface area (Å²) in [5, 5.41) is 7.51. The summed E-state index contributed by atoms with van der Waals surface area (Å²) in [5.41, 5.74) is 10.3. The van der Waals surface area contributed by atoms with E-state index in [4.69, 9.17) is 9.95 Å². The molecule has 0 bridgehead atoms. The second kappa shape index (κ2) is 4.38. The Morgan fingerprint density at radius 3 is 2.91 bits per heavy atom. The highest BCUT2D eigenvalue weighted by molar-refractivity contribution is 6.08. The summed E-state index contributed by atoms with van der Waals surface area (Å²) in [6, 6.07) is 14.4. The molecule has 1 aliphatic heterocycles. The van der Waals surface area contributed by atoms with Crippen molar-refractivity contribution in [1.29, 1.82) is 0 Å². The molecule has 0 aliphatic carbocycles. The minimum atomic E-state index is -1.39. The third kappa shape index (κ3) is 1.50. The fourth-order valence-electron chi connectivity index (χ4n) is 2.95. The molecular formula is C16H10N4O2. The number of carbonyl (C=O) groups excluding carboxylic acids is 1. The second-order valence-electron chi connectivity index (χ2n) is 5.07. The van der Waals surface area contributed by atoms with Crippen LogP contribution in [0.3, 0.4) is 0 Å². The number of fused-ring (bicyclic) bond motifs is 2. The van der Waals surface area contributed by atoms with Gasteiger partial charge in [-0.3, -0.25) is 4.79 Å². The maximum atomic E-state index is 12.6. The molecule has 0 radical (unpaired) electrons. The average molecular weight is 290 g/mol. The minimum absolute atomic E-state index is 0.352. The zero-order valence-electron chi connectivity index (χ0n) is 11.4. The molecule has 0 saturated heterocycles. The molecule has 0 saturated carbocycles. The molecule has 1 unspecified atom stereocenters. The first kappa shape index (κ1) is 12.5. The van der Waals surface area contributed by atoms with Gasteiger partial charge in [-0.25, -0.2) is 0 Å². The van der Waals surface area contributed by atoms with Crippen LogP contribution in [0, 0.1) is 0 Å². The molecule has 2 heterocycles. The third-order valence-corrected chi connectivity index (χ3v) is 3.96. The van der Waals surface area contributed by atoms with E-state index in [1.54, 1.807) is 36.6 Å². The highest BCUT2D eigenvalue weighted by atomic mass is 16.3. The van der Waals surface area contributed by atoms with E-state index in [1.807, 2.05) is 18.2 Å². The van der Waals surface area contributed by atoms with Gasteiger partial charge in [0.25, 0.3) is 0 Å². The first-order valence-electron chi connectivity index (χ1n) is 6.70. The molecule has 4 rings (SSSR count). The predicted molar refractivity (Wildman–Crippen MR) is 81.2 cm³/mol. The van der Waals surface area contributed by atoms with Crippen LogP contribution in [-0.2, 0) is 10.3 Å². The van der Waals surface area contributed by atoms with Crippen molar-refractivity contribution in [2.45, 2.75) is 5.54 Å². The monoisotopic (exact) mass is 290 g/mol. The highest BCUT2D eigenvalue weighted by Gasteiger charge is 2.48. The van der Waals surface area contributed by atoms with Gasteiger partial charge in [-0.15, -0.1) is 0 Å². The lowest BCUT2D eigenvalue weighted by Gasteiger charge is -2.22. The number of nitrogens with one attached hydrogen (secondary N) is 1. The lowest BCUT2D eigenvalue weighted by atomic mass is 9.84. The van der Waals surface area contributed by atoms with Crippen molar-refractivity contribution in [3.63, 3.8) is 0 Å². The summed E-state index contributed by atoms with van der Waals surface area (Å²) in [7, 11) is 0. The Hall–Kier alpha value is -3.24. The van der Waals surface area contributed by atoms with Crippen molar-refractivity contribution in [3.8, 4) is 0 Å². The molecule has 0 spiro atoms. The zero-order valence-corrected chi connectivity index (χ0v) is 11.4. The Kier molecular flexibility index (Phi) is 2.49. The van der Waals surface area contributed by atoms with E-state index >= 15 is 0 Å². The van der Waals surface area contributed by atoms with Crippen molar-refractivity contribution in [2.75, 3.05) is 5.32 Å². The molecule has 1 amide bonds. The SMILES string of the molecule is [N-]=[N+]=NC1(c2ccc3occc3c2)C(=O)Nc2ccccc21. The molecule has 22 heavy (non-hydrogen) atoms. The number of benzene rings is 2. The fourth-order valence-corrected chi connectivity index (χ4v) is 2.95. The van der Waals surface area contributed by atoms with E-state index in [0.717, 1.165) is 5.39 Å². The van der Waals surface area contributed by atoms with E-state index < -0.39 is 5.54 Å². The molecule has 1 aromatic heterocycles. The van der Waals surface area contributed by atoms with Gasteiger partial charge in [-0.05, 0) is 35.4 Å². The number of hydrogen-bond acceptors (Lipinski definition) is 3. The Morgan fingerprint density at radius 1 is 1.18 bits per heavy atom. The molecule has 2 aromatic carbocycles. The zero-order chi connectivity index (χ0) is 15.2. The highest BCUT2D eigenvalue weighted by Crippen LogP contribution is 2.44. The maximum Gasteiger partial charge on any atom is 0.245 e. The van der Waals surface area contributed by atoms with Crippen LogP contribution in [0.2, 0.25) is 0 Å². The number of para-hydroxylation sites is 1. The van der Waals surface area contributed by atoms with Crippen molar-refractivity contribution in [3.05, 3.63) is 76.4 Å². The molecule has 3 aromatic rings. The lowest BCUT2D eigenvalue weighted by Crippen LogP contribution is -2.33. The molecule has 6 heteroatoms. The van der Waals surface area contributed by atoms with Crippen molar-refractivity contribution < 1.29 is 9.21 Å². The summed E-state index contributed by atoms with van der Waals surface area (Å²) in [4.78, 5) is 15.5. The average Bonchev–Trinajstić information content (AvgIpc) is 3.10. The van der Waals surface area contributed by atoms with E-state index in [0.29, 0.717) is 22.4 Å². The van der Waals surface area contributed by atoms with E-state index in [2.05, 4.69) is 15.3 Å². The standard InChI is InChI=1S/C16H10N4O2/c17-20-19-16(11-5-6-14-10(9-11)7-8-22-14)12-3-1-2-4-13(12)18-15(16)21/h1-9H,(H,18,21). The topological polar surface area (TPSA) is 91.0 Å². The minimum Gasteiger partial charge on any atom is -0.464 e. The number of hydrogen-bond donors (Lipinski definition) is 1. The van der Waals surface area contributed by atoms with Crippen LogP contribution < -0.4 is 5.32 Å².